The average Bonchev–Trinajstić information content (AvgIpc) is 2.63. The lowest BCUT2D eigenvalue weighted by Gasteiger charge is -2.29. The average molecular weight is 370 g/mol. The van der Waals surface area contributed by atoms with Gasteiger partial charge >= 0.3 is 0 Å². The molecule has 0 aliphatic carbocycles. The van der Waals surface area contributed by atoms with Gasteiger partial charge < -0.3 is 14.8 Å². The molecule has 0 saturated heterocycles. The fourth-order valence-corrected chi connectivity index (χ4v) is 2.69. The van der Waals surface area contributed by atoms with E-state index in [1.54, 1.807) is 24.3 Å². The highest BCUT2D eigenvalue weighted by molar-refractivity contribution is 6.07. The van der Waals surface area contributed by atoms with Crippen molar-refractivity contribution < 1.29 is 23.5 Å². The van der Waals surface area contributed by atoms with E-state index in [1.807, 2.05) is 6.92 Å². The number of amides is 2. The standard InChI is InChI=1S/C20H19FN2O4/c1-3-26-17-6-4-5-13-11-16(19(25)22-12(2)24)20(27-18(13)17)23-15-9-7-14(21)8-10-15/h4-11,20,23H,3H2,1-2H3,(H,22,24,25). The summed E-state index contributed by atoms with van der Waals surface area (Å²) in [4.78, 5) is 23.8. The Balaban J connectivity index is 1.98. The molecule has 1 heterocycles. The van der Waals surface area contributed by atoms with Gasteiger partial charge in [0.05, 0.1) is 12.2 Å². The molecule has 0 aromatic heterocycles. The van der Waals surface area contributed by atoms with Crippen molar-refractivity contribution in [2.24, 2.45) is 0 Å². The van der Waals surface area contributed by atoms with Crippen LogP contribution in [0.15, 0.2) is 48.0 Å². The molecule has 0 spiro atoms. The Morgan fingerprint density at radius 3 is 2.59 bits per heavy atom. The first-order chi connectivity index (χ1) is 13.0. The molecule has 27 heavy (non-hydrogen) atoms. The Labute approximate surface area is 156 Å². The molecule has 0 fully saturated rings. The molecule has 3 rings (SSSR count). The highest BCUT2D eigenvalue weighted by atomic mass is 19.1. The number of fused-ring (bicyclic) bond motifs is 1. The zero-order chi connectivity index (χ0) is 19.4. The Morgan fingerprint density at radius 2 is 1.93 bits per heavy atom. The van der Waals surface area contributed by atoms with Crippen LogP contribution in [0.5, 0.6) is 11.5 Å². The predicted molar refractivity (Wildman–Crippen MR) is 98.9 cm³/mol. The second-order valence-electron chi connectivity index (χ2n) is 5.87. The number of benzene rings is 2. The predicted octanol–water partition coefficient (Wildman–Crippen LogP) is 3.10. The van der Waals surface area contributed by atoms with Crippen LogP contribution in [0.4, 0.5) is 10.1 Å². The van der Waals surface area contributed by atoms with E-state index in [9.17, 15) is 14.0 Å². The second-order valence-corrected chi connectivity index (χ2v) is 5.87. The first-order valence-electron chi connectivity index (χ1n) is 8.46. The lowest BCUT2D eigenvalue weighted by atomic mass is 10.0. The van der Waals surface area contributed by atoms with Crippen molar-refractivity contribution >= 4 is 23.6 Å². The van der Waals surface area contributed by atoms with Gasteiger partial charge in [0.2, 0.25) is 12.1 Å². The summed E-state index contributed by atoms with van der Waals surface area (Å²) in [6.45, 7) is 3.57. The van der Waals surface area contributed by atoms with Crippen molar-refractivity contribution in [2.75, 3.05) is 11.9 Å². The summed E-state index contributed by atoms with van der Waals surface area (Å²) >= 11 is 0. The van der Waals surface area contributed by atoms with Crippen LogP contribution in [0.2, 0.25) is 0 Å². The van der Waals surface area contributed by atoms with Gasteiger partial charge in [0.15, 0.2) is 11.5 Å². The van der Waals surface area contributed by atoms with Gasteiger partial charge in [-0.2, -0.15) is 0 Å². The van der Waals surface area contributed by atoms with E-state index in [0.717, 1.165) is 0 Å². The van der Waals surface area contributed by atoms with Gasteiger partial charge in [-0.25, -0.2) is 4.39 Å². The largest absolute Gasteiger partial charge is 0.490 e. The first-order valence-corrected chi connectivity index (χ1v) is 8.46. The van der Waals surface area contributed by atoms with E-state index in [1.165, 1.54) is 31.2 Å². The molecule has 2 amide bonds. The maximum absolute atomic E-state index is 13.2. The molecule has 1 atom stereocenters. The number of halogens is 1. The fraction of sp³-hybridized carbons (Fsp3) is 0.200. The maximum Gasteiger partial charge on any atom is 0.259 e. The van der Waals surface area contributed by atoms with Crippen molar-refractivity contribution in [1.29, 1.82) is 0 Å². The van der Waals surface area contributed by atoms with Crippen molar-refractivity contribution in [1.82, 2.24) is 5.32 Å². The molecule has 0 radical (unpaired) electrons. The number of ether oxygens (including phenoxy) is 2. The third-order valence-corrected chi connectivity index (χ3v) is 3.83. The number of carbonyl (C=O) groups excluding carboxylic acids is 2. The molecule has 6 nitrogen and oxygen atoms in total. The number of anilines is 1. The van der Waals surface area contributed by atoms with Crippen molar-refractivity contribution in [3.63, 3.8) is 0 Å². The van der Waals surface area contributed by atoms with Gasteiger partial charge in [0.1, 0.15) is 5.82 Å². The highest BCUT2D eigenvalue weighted by Gasteiger charge is 2.30. The van der Waals surface area contributed by atoms with Gasteiger partial charge in [0.25, 0.3) is 5.91 Å². The van der Waals surface area contributed by atoms with Crippen LogP contribution in [0, 0.1) is 5.82 Å². The lowest BCUT2D eigenvalue weighted by molar-refractivity contribution is -0.127. The van der Waals surface area contributed by atoms with Gasteiger partial charge in [-0.3, -0.25) is 14.9 Å². The number of hydrogen-bond acceptors (Lipinski definition) is 5. The zero-order valence-electron chi connectivity index (χ0n) is 14.9. The minimum absolute atomic E-state index is 0.218. The molecule has 0 bridgehead atoms. The normalized spacial score (nSPS) is 15.1. The number of imide groups is 1. The minimum Gasteiger partial charge on any atom is -0.490 e. The second kappa shape index (κ2) is 7.90. The summed E-state index contributed by atoms with van der Waals surface area (Å²) < 4.78 is 24.7. The number of hydrogen-bond donors (Lipinski definition) is 2. The van der Waals surface area contributed by atoms with Crippen LogP contribution in [-0.2, 0) is 9.59 Å². The summed E-state index contributed by atoms with van der Waals surface area (Å²) in [6.07, 6.45) is 0.754. The Hall–Kier alpha value is -3.35. The van der Waals surface area contributed by atoms with Crippen molar-refractivity contribution in [2.45, 2.75) is 20.1 Å². The van der Waals surface area contributed by atoms with E-state index >= 15 is 0 Å². The van der Waals surface area contributed by atoms with Gasteiger partial charge in [-0.15, -0.1) is 0 Å². The van der Waals surface area contributed by atoms with Crippen LogP contribution in [-0.4, -0.2) is 24.6 Å². The molecular formula is C20H19FN2O4. The molecule has 2 aromatic carbocycles. The summed E-state index contributed by atoms with van der Waals surface area (Å²) in [5.41, 5.74) is 1.43. The quantitative estimate of drug-likeness (QED) is 0.846. The Bertz CT molecular complexity index is 893. The molecule has 2 N–H and O–H groups in total. The van der Waals surface area contributed by atoms with E-state index in [0.29, 0.717) is 29.4 Å². The monoisotopic (exact) mass is 370 g/mol. The van der Waals surface area contributed by atoms with Crippen LogP contribution in [0.3, 0.4) is 0 Å². The Morgan fingerprint density at radius 1 is 1.19 bits per heavy atom. The third-order valence-electron chi connectivity index (χ3n) is 3.83. The SMILES string of the molecule is CCOc1cccc2c1OC(Nc1ccc(F)cc1)C(C(=O)NC(C)=O)=C2. The summed E-state index contributed by atoms with van der Waals surface area (Å²) in [5.74, 6) is -0.398. The molecule has 1 unspecified atom stereocenters. The van der Waals surface area contributed by atoms with E-state index < -0.39 is 18.0 Å². The van der Waals surface area contributed by atoms with Crippen LogP contribution < -0.4 is 20.1 Å². The fourth-order valence-electron chi connectivity index (χ4n) is 2.69. The van der Waals surface area contributed by atoms with Crippen LogP contribution >= 0.6 is 0 Å². The van der Waals surface area contributed by atoms with Gasteiger partial charge in [0, 0.05) is 18.2 Å². The highest BCUT2D eigenvalue weighted by Crippen LogP contribution is 2.38. The first kappa shape index (κ1) is 18.4. The summed E-state index contributed by atoms with van der Waals surface area (Å²) in [5, 5.41) is 5.29. The Kier molecular flexibility index (Phi) is 5.40. The topological polar surface area (TPSA) is 76.7 Å². The zero-order valence-corrected chi connectivity index (χ0v) is 14.9. The van der Waals surface area contributed by atoms with Crippen LogP contribution in [0.25, 0.3) is 6.08 Å². The summed E-state index contributed by atoms with van der Waals surface area (Å²) in [6, 6.07) is 11.0. The summed E-state index contributed by atoms with van der Waals surface area (Å²) in [7, 11) is 0. The molecule has 140 valence electrons. The number of nitrogens with one attached hydrogen (secondary N) is 2. The molecule has 0 saturated carbocycles. The van der Waals surface area contributed by atoms with Gasteiger partial charge in [-0.05, 0) is 43.3 Å². The smallest absolute Gasteiger partial charge is 0.259 e. The minimum atomic E-state index is -0.885. The number of para-hydroxylation sites is 1. The van der Waals surface area contributed by atoms with Crippen molar-refractivity contribution in [3.05, 3.63) is 59.4 Å². The number of rotatable bonds is 5. The van der Waals surface area contributed by atoms with E-state index in [-0.39, 0.29) is 11.4 Å². The van der Waals surface area contributed by atoms with Crippen LogP contribution in [0.1, 0.15) is 19.4 Å². The molecule has 1 aliphatic heterocycles. The number of carbonyl (C=O) groups is 2. The molecule has 1 aliphatic rings. The molecule has 2 aromatic rings. The van der Waals surface area contributed by atoms with E-state index in [2.05, 4.69) is 10.6 Å². The van der Waals surface area contributed by atoms with Crippen molar-refractivity contribution in [3.8, 4) is 11.5 Å². The lowest BCUT2D eigenvalue weighted by Crippen LogP contribution is -2.40. The maximum atomic E-state index is 13.2. The van der Waals surface area contributed by atoms with Gasteiger partial charge in [-0.1, -0.05) is 12.1 Å². The third kappa shape index (κ3) is 4.25. The molecular weight excluding hydrogens is 351 g/mol. The van der Waals surface area contributed by atoms with E-state index in [4.69, 9.17) is 9.47 Å². The molecule has 7 heteroatoms.